The van der Waals surface area contributed by atoms with Gasteiger partial charge in [-0.1, -0.05) is 48.9 Å². The number of aromatic nitrogens is 2. The van der Waals surface area contributed by atoms with Crippen LogP contribution in [-0.4, -0.2) is 76.8 Å². The maximum absolute atomic E-state index is 13.9. The Hall–Kier alpha value is -4.37. The first-order chi connectivity index (χ1) is 21.9. The normalized spacial score (nSPS) is 25.2. The molecular weight excluding hydrogens is 564 g/mol. The Morgan fingerprint density at radius 1 is 1.00 bits per heavy atom. The Morgan fingerprint density at radius 3 is 2.64 bits per heavy atom. The molecule has 0 saturated carbocycles. The number of likely N-dealkylation sites (N-methyl/N-ethyl adjacent to an activating group) is 1. The monoisotopic (exact) mass is 606 g/mol. The van der Waals surface area contributed by atoms with Crippen LogP contribution < -0.4 is 10.6 Å². The molecule has 3 unspecified atom stereocenters. The van der Waals surface area contributed by atoms with Crippen molar-refractivity contribution in [2.45, 2.75) is 69.4 Å². The molecule has 4 heterocycles. The number of hydrogen-bond acceptors (Lipinski definition) is 6. The lowest BCUT2D eigenvalue weighted by Crippen LogP contribution is -2.58. The second kappa shape index (κ2) is 13.7. The molecule has 1 fully saturated rings. The number of piperidine rings is 1. The van der Waals surface area contributed by atoms with E-state index in [0.717, 1.165) is 54.7 Å². The van der Waals surface area contributed by atoms with Crippen LogP contribution in [0.5, 0.6) is 0 Å². The minimum absolute atomic E-state index is 0.01000. The van der Waals surface area contributed by atoms with Crippen molar-refractivity contribution in [3.63, 3.8) is 0 Å². The molecule has 9 nitrogen and oxygen atoms in total. The third kappa shape index (κ3) is 6.83. The van der Waals surface area contributed by atoms with E-state index in [-0.39, 0.29) is 29.7 Å². The van der Waals surface area contributed by atoms with Crippen molar-refractivity contribution >= 4 is 30.1 Å². The lowest BCUT2D eigenvalue weighted by molar-refractivity contribution is -0.139. The Kier molecular flexibility index (Phi) is 9.35. The van der Waals surface area contributed by atoms with Crippen LogP contribution in [0.4, 0.5) is 5.82 Å². The molecule has 7 bridgehead atoms. The van der Waals surface area contributed by atoms with Gasteiger partial charge in [0.25, 0.3) is 5.91 Å². The molecule has 1 saturated heterocycles. The molecule has 4 atom stereocenters. The van der Waals surface area contributed by atoms with Gasteiger partial charge in [0.2, 0.25) is 12.3 Å². The Balaban J connectivity index is 1.30. The fraction of sp³-hybridized carbons (Fsp3) is 0.417. The molecule has 0 spiro atoms. The topological polar surface area (TPSA) is 108 Å². The van der Waals surface area contributed by atoms with Crippen molar-refractivity contribution in [3.8, 4) is 0 Å². The second-order valence-corrected chi connectivity index (χ2v) is 12.7. The quantitative estimate of drug-likeness (QED) is 0.424. The van der Waals surface area contributed by atoms with Crippen LogP contribution in [0.3, 0.4) is 0 Å². The Labute approximate surface area is 265 Å². The van der Waals surface area contributed by atoms with Gasteiger partial charge in [-0.2, -0.15) is 0 Å². The first-order valence-corrected chi connectivity index (χ1v) is 16.1. The number of carbonyl (C=O) groups is 3. The van der Waals surface area contributed by atoms with Crippen molar-refractivity contribution in [2.75, 3.05) is 32.0 Å². The summed E-state index contributed by atoms with van der Waals surface area (Å²) in [5.41, 5.74) is 5.52. The first-order valence-electron chi connectivity index (χ1n) is 16.1. The smallest absolute Gasteiger partial charge is 0.253 e. The SMILES string of the molecule is CC1C(c2ccccc2)CC2NC(=O)c3cnc4c(c3)C[C@H](C4)c3cc(cnc3NC=O)/C=C/CN(C)CCCCCN1C2=O. The third-order valence-electron chi connectivity index (χ3n) is 9.65. The Morgan fingerprint density at radius 2 is 1.82 bits per heavy atom. The fourth-order valence-electron chi connectivity index (χ4n) is 7.15. The van der Waals surface area contributed by atoms with Crippen LogP contribution in [0.1, 0.15) is 82.7 Å². The maximum atomic E-state index is 13.9. The van der Waals surface area contributed by atoms with E-state index in [9.17, 15) is 14.4 Å². The summed E-state index contributed by atoms with van der Waals surface area (Å²) in [6.45, 7) is 4.58. The van der Waals surface area contributed by atoms with Gasteiger partial charge >= 0.3 is 0 Å². The largest absolute Gasteiger partial charge is 0.340 e. The van der Waals surface area contributed by atoms with Crippen LogP contribution in [0, 0.1) is 0 Å². The average molecular weight is 607 g/mol. The number of pyridine rings is 2. The van der Waals surface area contributed by atoms with Crippen LogP contribution in [0.2, 0.25) is 0 Å². The van der Waals surface area contributed by atoms with Crippen LogP contribution in [0.25, 0.3) is 6.08 Å². The summed E-state index contributed by atoms with van der Waals surface area (Å²) in [7, 11) is 2.12. The number of carbonyl (C=O) groups excluding carboxylic acids is 3. The molecule has 45 heavy (non-hydrogen) atoms. The van der Waals surface area contributed by atoms with Crippen LogP contribution in [0.15, 0.2) is 60.9 Å². The van der Waals surface area contributed by atoms with Crippen LogP contribution in [-0.2, 0) is 22.4 Å². The van der Waals surface area contributed by atoms with E-state index in [1.807, 2.05) is 29.2 Å². The molecule has 2 N–H and O–H groups in total. The number of nitrogens with one attached hydrogen (secondary N) is 2. The third-order valence-corrected chi connectivity index (χ3v) is 9.65. The van der Waals surface area contributed by atoms with E-state index in [4.69, 9.17) is 0 Å². The number of fused-ring (bicyclic) bond motifs is 7. The predicted octanol–water partition coefficient (Wildman–Crippen LogP) is 4.56. The lowest BCUT2D eigenvalue weighted by Gasteiger charge is -2.43. The highest BCUT2D eigenvalue weighted by Gasteiger charge is 2.40. The molecule has 234 valence electrons. The molecule has 1 aromatic carbocycles. The zero-order valence-corrected chi connectivity index (χ0v) is 26.1. The van der Waals surface area contributed by atoms with Gasteiger partial charge in [-0.3, -0.25) is 19.4 Å². The number of anilines is 1. The van der Waals surface area contributed by atoms with Crippen molar-refractivity contribution < 1.29 is 14.4 Å². The minimum Gasteiger partial charge on any atom is -0.340 e. The van der Waals surface area contributed by atoms with E-state index >= 15 is 0 Å². The number of hydrogen-bond donors (Lipinski definition) is 2. The molecule has 3 amide bonds. The van der Waals surface area contributed by atoms with E-state index < -0.39 is 6.04 Å². The van der Waals surface area contributed by atoms with Crippen molar-refractivity contribution in [1.82, 2.24) is 25.1 Å². The summed E-state index contributed by atoms with van der Waals surface area (Å²) in [6.07, 6.45) is 13.2. The highest BCUT2D eigenvalue weighted by Crippen LogP contribution is 2.37. The minimum atomic E-state index is -0.610. The molecule has 3 aliphatic rings. The van der Waals surface area contributed by atoms with Gasteiger partial charge in [0, 0.05) is 43.1 Å². The molecule has 9 heteroatoms. The predicted molar refractivity (Wildman–Crippen MR) is 175 cm³/mol. The van der Waals surface area contributed by atoms with E-state index in [2.05, 4.69) is 69.8 Å². The van der Waals surface area contributed by atoms with Crippen molar-refractivity contribution in [1.29, 1.82) is 0 Å². The lowest BCUT2D eigenvalue weighted by atomic mass is 9.81. The summed E-state index contributed by atoms with van der Waals surface area (Å²) < 4.78 is 0. The van der Waals surface area contributed by atoms with Crippen molar-refractivity contribution in [2.24, 2.45) is 0 Å². The van der Waals surface area contributed by atoms with Gasteiger partial charge in [-0.15, -0.1) is 0 Å². The number of amides is 3. The standard InChI is InChI=1S/C36H42N6O3/c1-24-30(26-11-5-3-6-12-26)20-33-36(45)42(24)15-8-4-7-13-41(2)14-9-10-25-16-31(34(38-21-25)39-23-43)27-17-28-18-29(35(44)40-33)22-37-32(28)19-27/h3,5-6,9-12,16,18,21-24,27,30,33H,4,7-8,13-15,17,19-20H2,1-2H3,(H,40,44)(H,38,39,43)/b10-9+/t24?,27-,30?,33?/m1/s1. The number of rotatable bonds is 3. The molecule has 2 aliphatic heterocycles. The molecule has 0 radical (unpaired) electrons. The maximum Gasteiger partial charge on any atom is 0.253 e. The highest BCUT2D eigenvalue weighted by atomic mass is 16.2. The highest BCUT2D eigenvalue weighted by molar-refractivity contribution is 5.98. The van der Waals surface area contributed by atoms with E-state index in [1.54, 1.807) is 12.4 Å². The summed E-state index contributed by atoms with van der Waals surface area (Å²) in [5.74, 6) is 0.443. The van der Waals surface area contributed by atoms with Gasteiger partial charge in [-0.05, 0) is 92.9 Å². The zero-order chi connectivity index (χ0) is 31.3. The van der Waals surface area contributed by atoms with Crippen LogP contribution >= 0.6 is 0 Å². The fourth-order valence-corrected chi connectivity index (χ4v) is 7.15. The summed E-state index contributed by atoms with van der Waals surface area (Å²) in [6, 6.07) is 13.8. The summed E-state index contributed by atoms with van der Waals surface area (Å²) in [4.78, 5) is 52.4. The zero-order valence-electron chi connectivity index (χ0n) is 26.1. The van der Waals surface area contributed by atoms with Gasteiger partial charge in [-0.25, -0.2) is 4.98 Å². The van der Waals surface area contributed by atoms with Gasteiger partial charge < -0.3 is 20.4 Å². The van der Waals surface area contributed by atoms with Gasteiger partial charge in [0.1, 0.15) is 11.9 Å². The average Bonchev–Trinajstić information content (AvgIpc) is 3.48. The molecule has 3 aromatic rings. The second-order valence-electron chi connectivity index (χ2n) is 12.7. The molecule has 1 aliphatic carbocycles. The Bertz CT molecular complexity index is 1570. The number of nitrogens with zero attached hydrogens (tertiary/aromatic N) is 4. The molecular formula is C36H42N6O3. The number of benzene rings is 1. The van der Waals surface area contributed by atoms with Gasteiger partial charge in [0.05, 0.1) is 5.56 Å². The van der Waals surface area contributed by atoms with Crippen molar-refractivity contribution in [3.05, 3.63) is 94.4 Å². The summed E-state index contributed by atoms with van der Waals surface area (Å²) in [5, 5.41) is 5.86. The molecule has 2 aromatic heterocycles. The first kappa shape index (κ1) is 30.6. The summed E-state index contributed by atoms with van der Waals surface area (Å²) >= 11 is 0. The van der Waals surface area contributed by atoms with E-state index in [1.165, 1.54) is 5.56 Å². The molecule has 6 rings (SSSR count). The van der Waals surface area contributed by atoms with E-state index in [0.29, 0.717) is 43.6 Å². The van der Waals surface area contributed by atoms with Gasteiger partial charge in [0.15, 0.2) is 0 Å².